The van der Waals surface area contributed by atoms with E-state index in [9.17, 15) is 9.18 Å². The van der Waals surface area contributed by atoms with Crippen molar-refractivity contribution < 1.29 is 22.0 Å². The number of hydrogen-bond donors (Lipinski definition) is 1. The fourth-order valence-corrected chi connectivity index (χ4v) is 4.16. The Morgan fingerprint density at radius 2 is 1.97 bits per heavy atom. The molecule has 0 unspecified atom stereocenters. The molecular weight excluding hydrogens is 473 g/mol. The second-order valence-electron chi connectivity index (χ2n) is 8.08. The monoisotopic (exact) mass is 495 g/mol. The van der Waals surface area contributed by atoms with Gasteiger partial charge in [0.25, 0.3) is 5.91 Å². The van der Waals surface area contributed by atoms with E-state index in [0.29, 0.717) is 41.3 Å². The Labute approximate surface area is 204 Å². The molecule has 5 rings (SSSR count). The second kappa shape index (κ2) is 11.0. The molecule has 0 saturated carbocycles. The van der Waals surface area contributed by atoms with E-state index in [0.717, 1.165) is 24.0 Å². The van der Waals surface area contributed by atoms with Crippen molar-refractivity contribution >= 4 is 40.1 Å². The van der Waals surface area contributed by atoms with Crippen LogP contribution in [0.25, 0.3) is 11.1 Å². The maximum absolute atomic E-state index is 14.3. The van der Waals surface area contributed by atoms with Gasteiger partial charge in [0, 0.05) is 31.0 Å². The molecule has 180 valence electrons. The highest BCUT2D eigenvalue weighted by atomic mass is 32.1. The molecule has 1 fully saturated rings. The quantitative estimate of drug-likeness (QED) is 0.448. The van der Waals surface area contributed by atoms with Gasteiger partial charge in [-0.05, 0) is 55.5 Å². The summed E-state index contributed by atoms with van der Waals surface area (Å²) in [5.74, 6) is 0.290. The number of anilines is 2. The molecule has 0 radical (unpaired) electrons. The number of carbonyl (C=O) groups excluding carboxylic acids is 1. The van der Waals surface area contributed by atoms with Crippen molar-refractivity contribution in [2.45, 2.75) is 25.7 Å². The van der Waals surface area contributed by atoms with Crippen LogP contribution in [0.3, 0.4) is 0 Å². The lowest BCUT2D eigenvalue weighted by Crippen LogP contribution is -2.37. The number of piperidine rings is 1. The van der Waals surface area contributed by atoms with Gasteiger partial charge in [-0.15, -0.1) is 0 Å². The maximum Gasteiger partial charge on any atom is 0.335 e. The number of carbonyl (C=O) groups is 1. The van der Waals surface area contributed by atoms with Gasteiger partial charge >= 0.3 is 11.6 Å². The minimum atomic E-state index is -0.750. The lowest BCUT2D eigenvalue weighted by atomic mass is 9.90. The largest absolute Gasteiger partial charge is 0.458 e. The molecule has 35 heavy (non-hydrogen) atoms. The highest BCUT2D eigenvalue weighted by molar-refractivity contribution is 7.51. The molecule has 0 bridgehead atoms. The average Bonchev–Trinajstić information content (AvgIpc) is 3.32. The van der Waals surface area contributed by atoms with Crippen LogP contribution in [0.1, 0.15) is 40.2 Å². The Hall–Kier alpha value is -3.99. The summed E-state index contributed by atoms with van der Waals surface area (Å²) in [7, 11) is 0. The summed E-state index contributed by atoms with van der Waals surface area (Å²) in [6.45, 7) is 3.13. The zero-order valence-electron chi connectivity index (χ0n) is 18.8. The first-order valence-corrected chi connectivity index (χ1v) is 11.5. The number of nitrogens with zero attached hydrogens (tertiary/aromatic N) is 4. The van der Waals surface area contributed by atoms with Gasteiger partial charge < -0.3 is 14.6 Å². The van der Waals surface area contributed by atoms with Crippen LogP contribution in [-0.2, 0) is 11.6 Å². The summed E-state index contributed by atoms with van der Waals surface area (Å²) in [4.78, 5) is 27.3. The van der Waals surface area contributed by atoms with Crippen molar-refractivity contribution in [3.8, 4) is 0 Å². The molecule has 1 aliphatic heterocycles. The first-order chi connectivity index (χ1) is 17.0. The van der Waals surface area contributed by atoms with Gasteiger partial charge in [0.15, 0.2) is 11.4 Å². The smallest absolute Gasteiger partial charge is 0.335 e. The molecule has 1 amide bonds. The van der Waals surface area contributed by atoms with E-state index in [4.69, 9.17) is 12.8 Å². The van der Waals surface area contributed by atoms with Gasteiger partial charge in [0.05, 0.1) is 17.5 Å². The zero-order valence-corrected chi connectivity index (χ0v) is 19.6. The van der Waals surface area contributed by atoms with Crippen molar-refractivity contribution in [3.05, 3.63) is 77.8 Å². The molecule has 1 aliphatic rings. The standard InChI is InChI=1S/C24H22FN5O2.O2S/c1-15-4-5-20(19(25)11-15)29-23-22-21(27-14-28-23)18(13-32-22)16-6-9-30(10-7-16)24(31)17-3-2-8-26-12-17;1-3-2/h2-5,8,11-14,16H,6-7,9-10H2,1H3,(H,27,28,29);. The number of aryl methyl sites for hydroxylation is 1. The summed E-state index contributed by atoms with van der Waals surface area (Å²) >= 11 is -0.750. The Morgan fingerprint density at radius 1 is 1.20 bits per heavy atom. The van der Waals surface area contributed by atoms with Crippen LogP contribution in [0.15, 0.2) is 59.7 Å². The molecule has 4 aromatic rings. The van der Waals surface area contributed by atoms with Crippen LogP contribution in [0.5, 0.6) is 0 Å². The van der Waals surface area contributed by atoms with Crippen molar-refractivity contribution in [3.63, 3.8) is 0 Å². The molecular formula is C24H22FN5O4S. The molecule has 0 aliphatic carbocycles. The van der Waals surface area contributed by atoms with Gasteiger partial charge in [-0.2, -0.15) is 8.42 Å². The average molecular weight is 496 g/mol. The number of hydrogen-bond acceptors (Lipinski definition) is 8. The normalized spacial score (nSPS) is 13.7. The topological polar surface area (TPSA) is 118 Å². The Kier molecular flexibility index (Phi) is 7.56. The molecule has 3 aromatic heterocycles. The first kappa shape index (κ1) is 24.1. The molecule has 4 heterocycles. The van der Waals surface area contributed by atoms with E-state index in [-0.39, 0.29) is 17.6 Å². The van der Waals surface area contributed by atoms with E-state index in [2.05, 4.69) is 20.3 Å². The predicted octanol–water partition coefficient (Wildman–Crippen LogP) is 4.16. The van der Waals surface area contributed by atoms with E-state index in [1.807, 2.05) is 17.9 Å². The minimum Gasteiger partial charge on any atom is -0.458 e. The highest BCUT2D eigenvalue weighted by Gasteiger charge is 2.28. The molecule has 1 saturated heterocycles. The van der Waals surface area contributed by atoms with E-state index < -0.39 is 11.6 Å². The SMILES string of the molecule is Cc1ccc(Nc2ncnc3c(C4CCN(C(=O)c5cccnc5)CC4)coc23)c(F)c1.O=S=O. The van der Waals surface area contributed by atoms with Crippen molar-refractivity contribution in [2.75, 3.05) is 18.4 Å². The fraction of sp³-hybridized carbons (Fsp3) is 0.250. The Morgan fingerprint density at radius 3 is 2.66 bits per heavy atom. The second-order valence-corrected chi connectivity index (χ2v) is 8.21. The number of fused-ring (bicyclic) bond motifs is 1. The summed E-state index contributed by atoms with van der Waals surface area (Å²) in [5.41, 5.74) is 3.98. The van der Waals surface area contributed by atoms with Crippen LogP contribution >= 0.6 is 0 Å². The predicted molar refractivity (Wildman–Crippen MR) is 127 cm³/mol. The third-order valence-corrected chi connectivity index (χ3v) is 5.89. The number of aromatic nitrogens is 3. The third kappa shape index (κ3) is 5.40. The third-order valence-electron chi connectivity index (χ3n) is 5.89. The van der Waals surface area contributed by atoms with Crippen molar-refractivity contribution in [2.24, 2.45) is 0 Å². The van der Waals surface area contributed by atoms with Crippen LogP contribution in [0.2, 0.25) is 0 Å². The highest BCUT2D eigenvalue weighted by Crippen LogP contribution is 2.36. The number of halogens is 1. The number of amides is 1. The fourth-order valence-electron chi connectivity index (χ4n) is 4.16. The maximum atomic E-state index is 14.3. The number of furan rings is 1. The lowest BCUT2D eigenvalue weighted by Gasteiger charge is -2.31. The van der Waals surface area contributed by atoms with Gasteiger partial charge in [-0.3, -0.25) is 9.78 Å². The summed E-state index contributed by atoms with van der Waals surface area (Å²) < 4.78 is 36.7. The first-order valence-electron chi connectivity index (χ1n) is 10.9. The zero-order chi connectivity index (χ0) is 24.8. The summed E-state index contributed by atoms with van der Waals surface area (Å²) in [5, 5.41) is 3.02. The van der Waals surface area contributed by atoms with E-state index in [1.54, 1.807) is 36.9 Å². The minimum absolute atomic E-state index is 0.00235. The van der Waals surface area contributed by atoms with Crippen LogP contribution in [-0.4, -0.2) is 47.3 Å². The van der Waals surface area contributed by atoms with Crippen molar-refractivity contribution in [1.29, 1.82) is 0 Å². The lowest BCUT2D eigenvalue weighted by molar-refractivity contribution is 0.0712. The number of likely N-dealkylation sites (tertiary alicyclic amines) is 1. The van der Waals surface area contributed by atoms with Crippen molar-refractivity contribution in [1.82, 2.24) is 19.9 Å². The number of rotatable bonds is 4. The van der Waals surface area contributed by atoms with Gasteiger partial charge in [0.2, 0.25) is 0 Å². The molecule has 1 aromatic carbocycles. The molecule has 1 N–H and O–H groups in total. The summed E-state index contributed by atoms with van der Waals surface area (Å²) in [6.07, 6.45) is 8.03. The van der Waals surface area contributed by atoms with Crippen LogP contribution in [0.4, 0.5) is 15.9 Å². The van der Waals surface area contributed by atoms with Gasteiger partial charge in [-0.1, -0.05) is 6.07 Å². The van der Waals surface area contributed by atoms with Gasteiger partial charge in [-0.25, -0.2) is 14.4 Å². The summed E-state index contributed by atoms with van der Waals surface area (Å²) in [6, 6.07) is 8.53. The molecule has 11 heteroatoms. The number of pyridine rings is 1. The van der Waals surface area contributed by atoms with Gasteiger partial charge in [0.1, 0.15) is 17.7 Å². The number of nitrogens with one attached hydrogen (secondary N) is 1. The van der Waals surface area contributed by atoms with E-state index >= 15 is 0 Å². The number of benzene rings is 1. The molecule has 9 nitrogen and oxygen atoms in total. The van der Waals surface area contributed by atoms with E-state index in [1.165, 1.54) is 12.4 Å². The molecule has 0 atom stereocenters. The molecule has 0 spiro atoms. The Balaban J connectivity index is 0.000000917. The van der Waals surface area contributed by atoms with Crippen LogP contribution in [0, 0.1) is 12.7 Å². The Bertz CT molecular complexity index is 1370. The van der Waals surface area contributed by atoms with Crippen LogP contribution < -0.4 is 5.32 Å².